The normalized spacial score (nSPS) is 18.5. The number of thioether (sulfide) groups is 2. The summed E-state index contributed by atoms with van der Waals surface area (Å²) < 4.78 is 0. The molecular formula is C50H40S2. The predicted molar refractivity (Wildman–Crippen MR) is 228 cm³/mol. The molecule has 5 aromatic carbocycles. The molecule has 0 fully saturated rings. The quantitative estimate of drug-likeness (QED) is 0.158. The summed E-state index contributed by atoms with van der Waals surface area (Å²) in [4.78, 5) is 3.85. The SMILES string of the molecule is C(=CC1=C(c2ccccc2)C(=CC=C2C=C(c3ccccc3)SC(c3ccccc3)=C2)CCC1)C1=CC(c2ccccc2)SC(c2ccccc2)=C1. The molecule has 0 nitrogen and oxygen atoms in total. The highest BCUT2D eigenvalue weighted by Gasteiger charge is 2.21. The molecule has 52 heavy (non-hydrogen) atoms. The van der Waals surface area contributed by atoms with Crippen molar-refractivity contribution in [3.05, 3.63) is 250 Å². The van der Waals surface area contributed by atoms with E-state index in [1.165, 1.54) is 70.4 Å². The molecule has 0 bridgehead atoms. The number of benzene rings is 5. The molecule has 1 unspecified atom stereocenters. The third-order valence-electron chi connectivity index (χ3n) is 9.56. The van der Waals surface area contributed by atoms with E-state index in [0.29, 0.717) is 0 Å². The summed E-state index contributed by atoms with van der Waals surface area (Å²) in [6.45, 7) is 0. The van der Waals surface area contributed by atoms with Crippen molar-refractivity contribution >= 4 is 43.8 Å². The van der Waals surface area contributed by atoms with Crippen LogP contribution < -0.4 is 0 Å². The standard InChI is InChI=1S/C50H40S2/c1-6-17-39(18-7-1)46-33-37(34-47(51-46)40-19-8-2-9-20-40)29-31-44-27-16-28-45(50(44)43-25-14-5-15-26-43)32-30-38-35-48(41-21-10-3-11-22-41)52-49(36-38)42-23-12-4-13-24-42/h1-15,17-26,29-36,46H,16,27-28H2. The van der Waals surface area contributed by atoms with Crippen LogP contribution in [0.25, 0.3) is 20.3 Å². The Kier molecular flexibility index (Phi) is 10.7. The van der Waals surface area contributed by atoms with Gasteiger partial charge in [0.25, 0.3) is 0 Å². The summed E-state index contributed by atoms with van der Waals surface area (Å²) in [5.74, 6) is 0. The van der Waals surface area contributed by atoms with Gasteiger partial charge in [-0.25, -0.2) is 0 Å². The summed E-state index contributed by atoms with van der Waals surface area (Å²) in [7, 11) is 0. The zero-order valence-electron chi connectivity index (χ0n) is 29.1. The van der Waals surface area contributed by atoms with Crippen molar-refractivity contribution in [3.63, 3.8) is 0 Å². The smallest absolute Gasteiger partial charge is 0.0533 e. The van der Waals surface area contributed by atoms with Gasteiger partial charge in [-0.05, 0) is 93.2 Å². The molecule has 1 aliphatic carbocycles. The molecule has 2 heterocycles. The Morgan fingerprint density at radius 2 is 1.00 bits per heavy atom. The van der Waals surface area contributed by atoms with E-state index in [1.807, 2.05) is 23.5 Å². The van der Waals surface area contributed by atoms with E-state index in [1.54, 1.807) is 0 Å². The first-order valence-corrected chi connectivity index (χ1v) is 19.8. The van der Waals surface area contributed by atoms with Gasteiger partial charge < -0.3 is 0 Å². The van der Waals surface area contributed by atoms with Crippen molar-refractivity contribution < 1.29 is 0 Å². The molecule has 3 aliphatic rings. The van der Waals surface area contributed by atoms with Crippen molar-refractivity contribution in [1.29, 1.82) is 0 Å². The molecule has 0 aromatic heterocycles. The lowest BCUT2D eigenvalue weighted by molar-refractivity contribution is 0.805. The predicted octanol–water partition coefficient (Wildman–Crippen LogP) is 14.3. The molecule has 2 heteroatoms. The minimum Gasteiger partial charge on any atom is -0.113 e. The summed E-state index contributed by atoms with van der Waals surface area (Å²) in [5.41, 5.74) is 13.0. The first-order valence-electron chi connectivity index (χ1n) is 18.1. The Morgan fingerprint density at radius 3 is 1.58 bits per heavy atom. The van der Waals surface area contributed by atoms with E-state index in [9.17, 15) is 0 Å². The summed E-state index contributed by atoms with van der Waals surface area (Å²) >= 11 is 3.78. The summed E-state index contributed by atoms with van der Waals surface area (Å²) in [5, 5.41) is 0.258. The Hall–Kier alpha value is -5.28. The lowest BCUT2D eigenvalue weighted by Crippen LogP contribution is -2.02. The van der Waals surface area contributed by atoms with Gasteiger partial charge >= 0.3 is 0 Å². The monoisotopic (exact) mass is 704 g/mol. The van der Waals surface area contributed by atoms with E-state index in [0.717, 1.165) is 19.3 Å². The van der Waals surface area contributed by atoms with Crippen molar-refractivity contribution in [1.82, 2.24) is 0 Å². The molecular weight excluding hydrogens is 665 g/mol. The van der Waals surface area contributed by atoms with Crippen molar-refractivity contribution in [2.45, 2.75) is 24.5 Å². The first-order chi connectivity index (χ1) is 25.8. The van der Waals surface area contributed by atoms with Gasteiger partial charge in [-0.3, -0.25) is 0 Å². The number of rotatable bonds is 8. The zero-order chi connectivity index (χ0) is 35.0. The second kappa shape index (κ2) is 16.4. The van der Waals surface area contributed by atoms with Gasteiger partial charge in [-0.15, -0.1) is 11.8 Å². The molecule has 0 radical (unpaired) electrons. The maximum atomic E-state index is 2.42. The van der Waals surface area contributed by atoms with E-state index in [-0.39, 0.29) is 5.25 Å². The van der Waals surface area contributed by atoms with Gasteiger partial charge in [0.1, 0.15) is 0 Å². The Labute approximate surface area is 317 Å². The van der Waals surface area contributed by atoms with Gasteiger partial charge in [-0.2, -0.15) is 0 Å². The molecule has 0 amide bonds. The van der Waals surface area contributed by atoms with Crippen LogP contribution in [0.4, 0.5) is 0 Å². The molecule has 2 aliphatic heterocycles. The van der Waals surface area contributed by atoms with Crippen molar-refractivity contribution in [2.75, 3.05) is 0 Å². The maximum Gasteiger partial charge on any atom is 0.0533 e. The maximum absolute atomic E-state index is 2.42. The Bertz CT molecular complexity index is 2210. The van der Waals surface area contributed by atoms with E-state index in [2.05, 4.69) is 200 Å². The fraction of sp³-hybridized carbons (Fsp3) is 0.0800. The van der Waals surface area contributed by atoms with E-state index in [4.69, 9.17) is 0 Å². The second-order valence-corrected chi connectivity index (χ2v) is 15.4. The molecule has 0 N–H and O–H groups in total. The molecule has 0 spiro atoms. The van der Waals surface area contributed by atoms with Gasteiger partial charge in [0.05, 0.1) is 5.25 Å². The van der Waals surface area contributed by atoms with Gasteiger partial charge in [-0.1, -0.05) is 194 Å². The van der Waals surface area contributed by atoms with E-state index >= 15 is 0 Å². The molecule has 0 saturated heterocycles. The molecule has 1 atom stereocenters. The molecule has 252 valence electrons. The van der Waals surface area contributed by atoms with Gasteiger partial charge in [0, 0.05) is 14.7 Å². The van der Waals surface area contributed by atoms with Crippen LogP contribution in [-0.2, 0) is 0 Å². The van der Waals surface area contributed by atoms with Crippen molar-refractivity contribution in [3.8, 4) is 0 Å². The van der Waals surface area contributed by atoms with Gasteiger partial charge in [0.15, 0.2) is 0 Å². The molecule has 8 rings (SSSR count). The van der Waals surface area contributed by atoms with Crippen LogP contribution in [0.5, 0.6) is 0 Å². The fourth-order valence-electron chi connectivity index (χ4n) is 6.98. The topological polar surface area (TPSA) is 0 Å². The highest BCUT2D eigenvalue weighted by molar-refractivity contribution is 8.16. The Balaban J connectivity index is 1.19. The highest BCUT2D eigenvalue weighted by atomic mass is 32.2. The summed E-state index contributed by atoms with van der Waals surface area (Å²) in [6, 6.07) is 54.1. The van der Waals surface area contributed by atoms with Crippen LogP contribution in [0.2, 0.25) is 0 Å². The number of hydrogen-bond donors (Lipinski definition) is 0. The zero-order valence-corrected chi connectivity index (χ0v) is 30.7. The lowest BCUT2D eigenvalue weighted by atomic mass is 9.82. The highest BCUT2D eigenvalue weighted by Crippen LogP contribution is 2.46. The number of hydrogen-bond acceptors (Lipinski definition) is 2. The Morgan fingerprint density at radius 1 is 0.481 bits per heavy atom. The summed E-state index contributed by atoms with van der Waals surface area (Å²) in [6.07, 6.45) is 22.2. The first kappa shape index (κ1) is 33.8. The minimum absolute atomic E-state index is 0.258. The van der Waals surface area contributed by atoms with Crippen LogP contribution in [0.3, 0.4) is 0 Å². The third kappa shape index (κ3) is 8.10. The fourth-order valence-corrected chi connectivity index (χ4v) is 9.38. The number of allylic oxidation sites excluding steroid dienone is 12. The van der Waals surface area contributed by atoms with E-state index < -0.39 is 0 Å². The van der Waals surface area contributed by atoms with Crippen LogP contribution in [0, 0.1) is 0 Å². The average Bonchev–Trinajstić information content (AvgIpc) is 3.23. The van der Waals surface area contributed by atoms with Crippen LogP contribution >= 0.6 is 23.5 Å². The molecule has 5 aromatic rings. The van der Waals surface area contributed by atoms with Gasteiger partial charge in [0.2, 0.25) is 0 Å². The molecule has 0 saturated carbocycles. The third-order valence-corrected chi connectivity index (χ3v) is 12.0. The van der Waals surface area contributed by atoms with Crippen LogP contribution in [0.15, 0.2) is 223 Å². The van der Waals surface area contributed by atoms with Crippen molar-refractivity contribution in [2.24, 2.45) is 0 Å². The largest absolute Gasteiger partial charge is 0.113 e. The van der Waals surface area contributed by atoms with Crippen LogP contribution in [0.1, 0.15) is 52.3 Å². The second-order valence-electron chi connectivity index (χ2n) is 13.2. The average molecular weight is 705 g/mol. The van der Waals surface area contributed by atoms with Crippen LogP contribution in [-0.4, -0.2) is 0 Å². The minimum atomic E-state index is 0.258. The lowest BCUT2D eigenvalue weighted by Gasteiger charge is -2.23.